The molecule has 0 aromatic heterocycles. The lowest BCUT2D eigenvalue weighted by Crippen LogP contribution is -2.26. The molecule has 2 rings (SSSR count). The third kappa shape index (κ3) is 11.5. The Balaban J connectivity index is 1.67. The molecule has 0 bridgehead atoms. The smallest absolute Gasteiger partial charge is 0.231 e. The van der Waals surface area contributed by atoms with E-state index in [0.717, 1.165) is 57.5 Å². The number of thioether (sulfide) groups is 3. The number of nitrogens with one attached hydrogen (secondary N) is 1. The van der Waals surface area contributed by atoms with Gasteiger partial charge in [0.05, 0.1) is 11.4 Å². The molecule has 1 amide bonds. The predicted molar refractivity (Wildman–Crippen MR) is 167 cm³/mol. The topological polar surface area (TPSA) is 87.2 Å². The lowest BCUT2D eigenvalue weighted by molar-refractivity contribution is -0.127. The number of aryl methyl sites for hydroxylation is 1. The van der Waals surface area contributed by atoms with Gasteiger partial charge in [-0.15, -0.1) is 0 Å². The maximum absolute atomic E-state index is 12.7. The van der Waals surface area contributed by atoms with Crippen molar-refractivity contribution in [1.82, 2.24) is 4.90 Å². The van der Waals surface area contributed by atoms with Gasteiger partial charge in [-0.2, -0.15) is 0 Å². The maximum atomic E-state index is 12.7. The van der Waals surface area contributed by atoms with Gasteiger partial charge in [0.2, 0.25) is 5.91 Å². The molecule has 8 heteroatoms. The number of hydrogen-bond acceptors (Lipinski definition) is 7. The van der Waals surface area contributed by atoms with Crippen molar-refractivity contribution < 1.29 is 9.59 Å². The summed E-state index contributed by atoms with van der Waals surface area (Å²) in [6, 6.07) is 15.7. The molecule has 0 unspecified atom stereocenters. The molecule has 0 aliphatic carbocycles. The molecule has 3 N–H and O–H groups in total. The predicted octanol–water partition coefficient (Wildman–Crippen LogP) is 7.28. The summed E-state index contributed by atoms with van der Waals surface area (Å²) in [5.74, 6) is -0.0436. The van der Waals surface area contributed by atoms with Crippen LogP contribution >= 0.6 is 35.3 Å². The molecule has 2 aromatic rings. The number of amides is 1. The molecular weight excluding hydrogens is 531 g/mol. The first-order valence-corrected chi connectivity index (χ1v) is 14.9. The molecule has 38 heavy (non-hydrogen) atoms. The highest BCUT2D eigenvalue weighted by Gasteiger charge is 2.15. The Labute approximate surface area is 239 Å². The van der Waals surface area contributed by atoms with Gasteiger partial charge < -0.3 is 10.6 Å². The van der Waals surface area contributed by atoms with Crippen molar-refractivity contribution in [3.63, 3.8) is 0 Å². The van der Waals surface area contributed by atoms with Gasteiger partial charge >= 0.3 is 0 Å². The van der Waals surface area contributed by atoms with Crippen molar-refractivity contribution in [2.45, 2.75) is 52.0 Å². The van der Waals surface area contributed by atoms with Crippen LogP contribution in [0.5, 0.6) is 0 Å². The van der Waals surface area contributed by atoms with Gasteiger partial charge in [0.1, 0.15) is 4.38 Å². The lowest BCUT2D eigenvalue weighted by Gasteiger charge is -2.20. The normalized spacial score (nSPS) is 10.6. The van der Waals surface area contributed by atoms with Gasteiger partial charge in [-0.05, 0) is 69.5 Å². The quantitative estimate of drug-likeness (QED) is 0.184. The summed E-state index contributed by atoms with van der Waals surface area (Å²) in [6.45, 7) is 14.7. The molecule has 0 fully saturated rings. The molecule has 202 valence electrons. The minimum Gasteiger partial charge on any atom is -0.326 e. The highest BCUT2D eigenvalue weighted by Crippen LogP contribution is 2.32. The van der Waals surface area contributed by atoms with Crippen LogP contribution in [-0.2, 0) is 35.4 Å². The van der Waals surface area contributed by atoms with Crippen LogP contribution in [0.2, 0.25) is 0 Å². The van der Waals surface area contributed by atoms with Crippen LogP contribution in [0.15, 0.2) is 83.1 Å². The van der Waals surface area contributed by atoms with Crippen LogP contribution in [0.25, 0.3) is 0 Å². The van der Waals surface area contributed by atoms with E-state index in [0.29, 0.717) is 24.4 Å². The summed E-state index contributed by atoms with van der Waals surface area (Å²) in [6.07, 6.45) is 3.77. The molecular formula is C30H37N3O2S3. The molecule has 5 nitrogen and oxygen atoms in total. The van der Waals surface area contributed by atoms with Crippen LogP contribution in [0.4, 0.5) is 0 Å². The molecule has 0 saturated heterocycles. The molecule has 0 saturated carbocycles. The van der Waals surface area contributed by atoms with E-state index in [2.05, 4.69) is 26.7 Å². The molecule has 0 radical (unpaired) electrons. The summed E-state index contributed by atoms with van der Waals surface area (Å²) in [5, 5.41) is 8.75. The Morgan fingerprint density at radius 2 is 1.42 bits per heavy atom. The van der Waals surface area contributed by atoms with E-state index in [1.807, 2.05) is 48.5 Å². The number of rotatable bonds is 14. The zero-order valence-electron chi connectivity index (χ0n) is 22.3. The maximum Gasteiger partial charge on any atom is 0.231 e. The fourth-order valence-electron chi connectivity index (χ4n) is 3.54. The molecule has 0 aliphatic rings. The van der Waals surface area contributed by atoms with E-state index >= 15 is 0 Å². The number of carbonyl (C=O) groups is 2. The Morgan fingerprint density at radius 3 is 2.05 bits per heavy atom. The number of nitrogens with zero attached hydrogens (tertiary/aromatic N) is 1. The van der Waals surface area contributed by atoms with E-state index in [1.165, 1.54) is 29.1 Å². The van der Waals surface area contributed by atoms with Crippen molar-refractivity contribution in [3.05, 3.63) is 105 Å². The second-order valence-electron chi connectivity index (χ2n) is 8.79. The summed E-state index contributed by atoms with van der Waals surface area (Å²) in [5.41, 5.74) is 9.79. The summed E-state index contributed by atoms with van der Waals surface area (Å²) in [4.78, 5) is 28.4. The monoisotopic (exact) mass is 567 g/mol. The van der Waals surface area contributed by atoms with Crippen molar-refractivity contribution >= 4 is 50.7 Å². The molecule has 0 atom stereocenters. The Morgan fingerprint density at radius 1 is 0.868 bits per heavy atom. The summed E-state index contributed by atoms with van der Waals surface area (Å²) >= 11 is 3.60. The summed E-state index contributed by atoms with van der Waals surface area (Å²) < 4.78 is 0.241. The Bertz CT molecular complexity index is 1190. The number of carbonyl (C=O) groups excluding carboxylic acids is 2. The van der Waals surface area contributed by atoms with Crippen molar-refractivity contribution in [3.8, 4) is 0 Å². The molecule has 2 aromatic carbocycles. The molecule has 0 heterocycles. The second kappa shape index (κ2) is 16.4. The zero-order valence-corrected chi connectivity index (χ0v) is 24.7. The van der Waals surface area contributed by atoms with Crippen LogP contribution in [0.3, 0.4) is 0 Å². The lowest BCUT2D eigenvalue weighted by atomic mass is 10.1. The first-order valence-electron chi connectivity index (χ1n) is 12.4. The Hall–Kier alpha value is -2.52. The standard InChI is InChI=1S/C30H37N3O2S3/c1-6-24-12-8-14-26(16-24)19-29(35)38-30(32)37-22(3)11-7-10-21(2)36-23(4)33(5)28(34)18-25-13-9-15-27(17-25)20-31/h8-9,12-17,32H,2-4,6-7,10-11,18-20,31H2,1,5H3. The highest BCUT2D eigenvalue weighted by atomic mass is 32.2. The van der Waals surface area contributed by atoms with Gasteiger partial charge in [0, 0.05) is 20.0 Å². The van der Waals surface area contributed by atoms with Crippen LogP contribution in [0.1, 0.15) is 48.4 Å². The van der Waals surface area contributed by atoms with Gasteiger partial charge in [-0.25, -0.2) is 0 Å². The number of hydrogen-bond donors (Lipinski definition) is 2. The van der Waals surface area contributed by atoms with Crippen molar-refractivity contribution in [2.75, 3.05) is 7.05 Å². The van der Waals surface area contributed by atoms with Gasteiger partial charge in [0.15, 0.2) is 5.12 Å². The fraction of sp³-hybridized carbons (Fsp3) is 0.300. The first-order chi connectivity index (χ1) is 18.1. The fourth-order valence-corrected chi connectivity index (χ4v) is 6.11. The van der Waals surface area contributed by atoms with Crippen LogP contribution < -0.4 is 5.73 Å². The minimum atomic E-state index is -0.0439. The van der Waals surface area contributed by atoms with Crippen molar-refractivity contribution in [2.24, 2.45) is 5.73 Å². The van der Waals surface area contributed by atoms with E-state index in [1.54, 1.807) is 11.9 Å². The minimum absolute atomic E-state index is 0.0436. The van der Waals surface area contributed by atoms with Crippen LogP contribution in [0, 0.1) is 5.41 Å². The first kappa shape index (κ1) is 31.7. The number of nitrogens with two attached hydrogens (primary N) is 1. The third-order valence-corrected chi connectivity index (χ3v) is 8.43. The summed E-state index contributed by atoms with van der Waals surface area (Å²) in [7, 11) is 1.72. The third-order valence-electron chi connectivity index (χ3n) is 5.70. The second-order valence-corrected chi connectivity index (χ2v) is 12.6. The number of likely N-dealkylation sites (N-methyl/N-ethyl adjacent to an activating group) is 1. The average Bonchev–Trinajstić information content (AvgIpc) is 2.87. The van der Waals surface area contributed by atoms with Gasteiger partial charge in [-0.1, -0.05) is 98.7 Å². The SMILES string of the molecule is C=C(CCCC(=C)SC(=N)SC(=O)Cc1cccc(CC)c1)SC(=C)N(C)C(=O)Cc1cccc(CN)c1. The van der Waals surface area contributed by atoms with Gasteiger partial charge in [-0.3, -0.25) is 15.0 Å². The highest BCUT2D eigenvalue weighted by molar-refractivity contribution is 8.45. The van der Waals surface area contributed by atoms with Crippen LogP contribution in [-0.4, -0.2) is 27.3 Å². The van der Waals surface area contributed by atoms with E-state index in [-0.39, 0.29) is 21.8 Å². The zero-order chi connectivity index (χ0) is 28.1. The molecule has 0 aliphatic heterocycles. The molecule has 0 spiro atoms. The van der Waals surface area contributed by atoms with Gasteiger partial charge in [0.25, 0.3) is 0 Å². The average molecular weight is 568 g/mol. The van der Waals surface area contributed by atoms with E-state index < -0.39 is 0 Å². The number of allylic oxidation sites excluding steroid dienone is 2. The van der Waals surface area contributed by atoms with E-state index in [4.69, 9.17) is 11.1 Å². The largest absolute Gasteiger partial charge is 0.326 e. The Kier molecular flexibility index (Phi) is 13.7. The number of benzene rings is 2. The van der Waals surface area contributed by atoms with Crippen molar-refractivity contribution in [1.29, 1.82) is 5.41 Å². The van der Waals surface area contributed by atoms with E-state index in [9.17, 15) is 9.59 Å².